The van der Waals surface area contributed by atoms with Gasteiger partial charge in [0.05, 0.1) is 36.1 Å². The Kier molecular flexibility index (Phi) is 5.60. The van der Waals surface area contributed by atoms with Gasteiger partial charge in [-0.25, -0.2) is 0 Å². The molecule has 0 fully saturated rings. The van der Waals surface area contributed by atoms with Crippen LogP contribution in [0.1, 0.15) is 17.3 Å². The summed E-state index contributed by atoms with van der Waals surface area (Å²) < 4.78 is 7.94. The van der Waals surface area contributed by atoms with Crippen molar-refractivity contribution in [2.45, 2.75) is 19.0 Å². The molecule has 1 aromatic carbocycles. The molecule has 20 heavy (non-hydrogen) atoms. The van der Waals surface area contributed by atoms with Gasteiger partial charge in [-0.15, -0.1) is 0 Å². The SMILES string of the molecule is COCCn1ncc(Cl)c1C(N)Cc1ccccc1Br. The van der Waals surface area contributed by atoms with Gasteiger partial charge in [-0.2, -0.15) is 5.10 Å². The quantitative estimate of drug-likeness (QED) is 0.863. The molecule has 1 unspecified atom stereocenters. The number of methoxy groups -OCH3 is 1. The minimum Gasteiger partial charge on any atom is -0.383 e. The van der Waals surface area contributed by atoms with E-state index in [2.05, 4.69) is 21.0 Å². The lowest BCUT2D eigenvalue weighted by molar-refractivity contribution is 0.182. The fraction of sp³-hybridized carbons (Fsp3) is 0.357. The number of benzene rings is 1. The minimum atomic E-state index is -0.208. The number of rotatable bonds is 6. The van der Waals surface area contributed by atoms with E-state index in [1.807, 2.05) is 28.9 Å². The molecule has 0 saturated heterocycles. The molecule has 0 saturated carbocycles. The summed E-state index contributed by atoms with van der Waals surface area (Å²) >= 11 is 9.74. The van der Waals surface area contributed by atoms with E-state index in [0.29, 0.717) is 24.6 Å². The lowest BCUT2D eigenvalue weighted by atomic mass is 10.0. The number of ether oxygens (including phenoxy) is 1. The number of hydrogen-bond donors (Lipinski definition) is 1. The molecular formula is C14H17BrClN3O. The Bertz CT molecular complexity index is 573. The molecule has 2 aromatic rings. The summed E-state index contributed by atoms with van der Waals surface area (Å²) in [6, 6.07) is 7.83. The van der Waals surface area contributed by atoms with Gasteiger partial charge in [0.1, 0.15) is 0 Å². The van der Waals surface area contributed by atoms with Gasteiger partial charge in [0.25, 0.3) is 0 Å². The molecule has 0 aliphatic carbocycles. The second-order valence-electron chi connectivity index (χ2n) is 4.50. The molecule has 0 spiro atoms. The number of aromatic nitrogens is 2. The maximum atomic E-state index is 6.31. The summed E-state index contributed by atoms with van der Waals surface area (Å²) in [4.78, 5) is 0. The van der Waals surface area contributed by atoms with Crippen molar-refractivity contribution in [1.82, 2.24) is 9.78 Å². The molecule has 2 N–H and O–H groups in total. The molecule has 108 valence electrons. The van der Waals surface area contributed by atoms with Gasteiger partial charge in [0.2, 0.25) is 0 Å². The molecule has 2 rings (SSSR count). The van der Waals surface area contributed by atoms with Gasteiger partial charge in [0, 0.05) is 11.6 Å². The summed E-state index contributed by atoms with van der Waals surface area (Å²) in [6.07, 6.45) is 2.33. The first-order valence-corrected chi connectivity index (χ1v) is 7.49. The Balaban J connectivity index is 2.18. The zero-order valence-electron chi connectivity index (χ0n) is 11.2. The van der Waals surface area contributed by atoms with Gasteiger partial charge in [0.15, 0.2) is 0 Å². The van der Waals surface area contributed by atoms with Crippen LogP contribution < -0.4 is 5.73 Å². The predicted octanol–water partition coefficient (Wildman–Crippen LogP) is 3.19. The predicted molar refractivity (Wildman–Crippen MR) is 83.9 cm³/mol. The van der Waals surface area contributed by atoms with Crippen LogP contribution in [0.5, 0.6) is 0 Å². The second kappa shape index (κ2) is 7.22. The molecule has 0 bridgehead atoms. The van der Waals surface area contributed by atoms with Crippen molar-refractivity contribution in [3.63, 3.8) is 0 Å². The molecule has 0 aliphatic heterocycles. The summed E-state index contributed by atoms with van der Waals surface area (Å²) in [5, 5.41) is 4.85. The van der Waals surface area contributed by atoms with Crippen LogP contribution in [0.2, 0.25) is 5.02 Å². The van der Waals surface area contributed by atoms with E-state index in [9.17, 15) is 0 Å². The molecule has 6 heteroatoms. The van der Waals surface area contributed by atoms with Crippen LogP contribution in [0.25, 0.3) is 0 Å². The van der Waals surface area contributed by atoms with Crippen molar-refractivity contribution in [3.05, 3.63) is 51.2 Å². The van der Waals surface area contributed by atoms with E-state index >= 15 is 0 Å². The van der Waals surface area contributed by atoms with Crippen LogP contribution in [0.4, 0.5) is 0 Å². The van der Waals surface area contributed by atoms with E-state index in [-0.39, 0.29) is 6.04 Å². The van der Waals surface area contributed by atoms with Crippen LogP contribution in [0.15, 0.2) is 34.9 Å². The van der Waals surface area contributed by atoms with E-state index < -0.39 is 0 Å². The summed E-state index contributed by atoms with van der Waals surface area (Å²) in [6.45, 7) is 1.22. The fourth-order valence-corrected chi connectivity index (χ4v) is 2.82. The fourth-order valence-electron chi connectivity index (χ4n) is 2.09. The molecule has 1 aromatic heterocycles. The molecule has 0 radical (unpaired) electrons. The van der Waals surface area contributed by atoms with Gasteiger partial charge in [-0.3, -0.25) is 4.68 Å². The maximum Gasteiger partial charge on any atom is 0.0834 e. The van der Waals surface area contributed by atoms with Crippen molar-refractivity contribution in [1.29, 1.82) is 0 Å². The third-order valence-electron chi connectivity index (χ3n) is 3.09. The monoisotopic (exact) mass is 357 g/mol. The highest BCUT2D eigenvalue weighted by Gasteiger charge is 2.18. The Hall–Kier alpha value is -0.880. The van der Waals surface area contributed by atoms with E-state index in [1.54, 1.807) is 13.3 Å². The average Bonchev–Trinajstić information content (AvgIpc) is 2.80. The van der Waals surface area contributed by atoms with Crippen LogP contribution in [0, 0.1) is 0 Å². The Labute approximate surface area is 132 Å². The van der Waals surface area contributed by atoms with Crippen molar-refractivity contribution < 1.29 is 4.74 Å². The molecule has 0 amide bonds. The van der Waals surface area contributed by atoms with Crippen molar-refractivity contribution in [2.75, 3.05) is 13.7 Å². The van der Waals surface area contributed by atoms with Crippen LogP contribution >= 0.6 is 27.5 Å². The highest BCUT2D eigenvalue weighted by molar-refractivity contribution is 9.10. The van der Waals surface area contributed by atoms with Crippen LogP contribution in [-0.2, 0) is 17.7 Å². The highest BCUT2D eigenvalue weighted by Crippen LogP contribution is 2.26. The maximum absolute atomic E-state index is 6.31. The topological polar surface area (TPSA) is 53.1 Å². The molecule has 0 aliphatic rings. The minimum absolute atomic E-state index is 0.208. The number of nitrogens with zero attached hydrogens (tertiary/aromatic N) is 2. The van der Waals surface area contributed by atoms with Gasteiger partial charge >= 0.3 is 0 Å². The number of halogens is 2. The first-order chi connectivity index (χ1) is 9.63. The molecule has 4 nitrogen and oxygen atoms in total. The number of hydrogen-bond acceptors (Lipinski definition) is 3. The normalized spacial score (nSPS) is 12.6. The second-order valence-corrected chi connectivity index (χ2v) is 5.76. The van der Waals surface area contributed by atoms with Crippen LogP contribution in [0.3, 0.4) is 0 Å². The zero-order chi connectivity index (χ0) is 14.5. The average molecular weight is 359 g/mol. The van der Waals surface area contributed by atoms with E-state index in [1.165, 1.54) is 0 Å². The van der Waals surface area contributed by atoms with Gasteiger partial charge in [-0.1, -0.05) is 45.7 Å². The first-order valence-electron chi connectivity index (χ1n) is 6.32. The van der Waals surface area contributed by atoms with Gasteiger partial charge in [-0.05, 0) is 18.1 Å². The van der Waals surface area contributed by atoms with E-state index in [0.717, 1.165) is 15.7 Å². The first kappa shape index (κ1) is 15.5. The lowest BCUT2D eigenvalue weighted by Gasteiger charge is -2.16. The Morgan fingerprint density at radius 2 is 2.20 bits per heavy atom. The molecular weight excluding hydrogens is 342 g/mol. The number of nitrogens with two attached hydrogens (primary N) is 1. The van der Waals surface area contributed by atoms with E-state index in [4.69, 9.17) is 22.1 Å². The van der Waals surface area contributed by atoms with Crippen molar-refractivity contribution in [2.24, 2.45) is 5.73 Å². The summed E-state index contributed by atoms with van der Waals surface area (Å²) in [7, 11) is 1.66. The standard InChI is InChI=1S/C14H17BrClN3O/c1-20-7-6-19-14(12(16)9-18-19)13(17)8-10-4-2-3-5-11(10)15/h2-5,9,13H,6-8,17H2,1H3. The Morgan fingerprint density at radius 3 is 2.90 bits per heavy atom. The lowest BCUT2D eigenvalue weighted by Crippen LogP contribution is -2.20. The summed E-state index contributed by atoms with van der Waals surface area (Å²) in [5.41, 5.74) is 8.30. The highest BCUT2D eigenvalue weighted by atomic mass is 79.9. The van der Waals surface area contributed by atoms with Crippen molar-refractivity contribution in [3.8, 4) is 0 Å². The molecule has 1 heterocycles. The Morgan fingerprint density at radius 1 is 1.45 bits per heavy atom. The van der Waals surface area contributed by atoms with Crippen LogP contribution in [-0.4, -0.2) is 23.5 Å². The third-order valence-corrected chi connectivity index (χ3v) is 4.15. The third kappa shape index (κ3) is 3.61. The smallest absolute Gasteiger partial charge is 0.0834 e. The van der Waals surface area contributed by atoms with Crippen molar-refractivity contribution >= 4 is 27.5 Å². The van der Waals surface area contributed by atoms with Gasteiger partial charge < -0.3 is 10.5 Å². The zero-order valence-corrected chi connectivity index (χ0v) is 13.6. The largest absolute Gasteiger partial charge is 0.383 e. The molecule has 1 atom stereocenters. The summed E-state index contributed by atoms with van der Waals surface area (Å²) in [5.74, 6) is 0.